The van der Waals surface area contributed by atoms with E-state index in [4.69, 9.17) is 5.11 Å². The first-order valence-electron chi connectivity index (χ1n) is 6.32. The normalized spacial score (nSPS) is 10.3. The van der Waals surface area contributed by atoms with Crippen molar-refractivity contribution < 1.29 is 14.7 Å². The van der Waals surface area contributed by atoms with E-state index in [1.807, 2.05) is 24.3 Å². The summed E-state index contributed by atoms with van der Waals surface area (Å²) in [5, 5.41) is 11.5. The van der Waals surface area contributed by atoms with Gasteiger partial charge in [-0.05, 0) is 38.0 Å². The molecule has 0 aliphatic carbocycles. The maximum absolute atomic E-state index is 12.0. The van der Waals surface area contributed by atoms with Gasteiger partial charge in [0.1, 0.15) is 6.54 Å². The third-order valence-electron chi connectivity index (χ3n) is 2.80. The number of nitrogens with one attached hydrogen (secondary N) is 1. The number of benzene rings is 1. The Morgan fingerprint density at radius 1 is 1.26 bits per heavy atom. The molecule has 0 aliphatic rings. The Balaban J connectivity index is 2.72. The number of anilines is 1. The Morgan fingerprint density at radius 3 is 2.26 bits per heavy atom. The molecule has 0 fully saturated rings. The maximum Gasteiger partial charge on any atom is 0.323 e. The highest BCUT2D eigenvalue weighted by Gasteiger charge is 2.19. The molecule has 0 bridgehead atoms. The lowest BCUT2D eigenvalue weighted by atomic mass is 10.1. The lowest BCUT2D eigenvalue weighted by Crippen LogP contribution is -2.43. The summed E-state index contributed by atoms with van der Waals surface area (Å²) in [6.07, 6.45) is 0.936. The molecule has 0 heterocycles. The molecule has 0 unspecified atom stereocenters. The molecule has 1 rings (SSSR count). The van der Waals surface area contributed by atoms with Crippen molar-refractivity contribution in [3.8, 4) is 0 Å². The number of hydrogen-bond donors (Lipinski definition) is 2. The summed E-state index contributed by atoms with van der Waals surface area (Å²) in [4.78, 5) is 24.0. The topological polar surface area (TPSA) is 69.6 Å². The van der Waals surface area contributed by atoms with Crippen LogP contribution in [0.3, 0.4) is 0 Å². The van der Waals surface area contributed by atoms with Crippen LogP contribution in [0.15, 0.2) is 24.3 Å². The van der Waals surface area contributed by atoms with Gasteiger partial charge in [-0.3, -0.25) is 4.79 Å². The van der Waals surface area contributed by atoms with Crippen LogP contribution < -0.4 is 5.32 Å². The lowest BCUT2D eigenvalue weighted by molar-refractivity contribution is -0.137. The van der Waals surface area contributed by atoms with Crippen molar-refractivity contribution in [2.45, 2.75) is 33.2 Å². The molecule has 0 radical (unpaired) electrons. The molecule has 0 saturated heterocycles. The van der Waals surface area contributed by atoms with E-state index in [1.165, 1.54) is 10.5 Å². The molecule has 0 spiro atoms. The molecular formula is C14H20N2O3. The van der Waals surface area contributed by atoms with Gasteiger partial charge in [-0.25, -0.2) is 4.79 Å². The Hall–Kier alpha value is -2.04. The van der Waals surface area contributed by atoms with Crippen LogP contribution in [0.2, 0.25) is 0 Å². The second-order valence-corrected chi connectivity index (χ2v) is 4.60. The summed E-state index contributed by atoms with van der Waals surface area (Å²) >= 11 is 0. The van der Waals surface area contributed by atoms with Crippen LogP contribution in [-0.4, -0.2) is 34.6 Å². The second-order valence-electron chi connectivity index (χ2n) is 4.60. The monoisotopic (exact) mass is 264 g/mol. The maximum atomic E-state index is 12.0. The summed E-state index contributed by atoms with van der Waals surface area (Å²) in [7, 11) is 0. The molecular weight excluding hydrogens is 244 g/mol. The van der Waals surface area contributed by atoms with Crippen LogP contribution >= 0.6 is 0 Å². The largest absolute Gasteiger partial charge is 0.480 e. The van der Waals surface area contributed by atoms with Crippen LogP contribution in [0.4, 0.5) is 10.5 Å². The lowest BCUT2D eigenvalue weighted by Gasteiger charge is -2.25. The minimum atomic E-state index is -1.02. The number of carboxylic acids is 1. The zero-order valence-electron chi connectivity index (χ0n) is 11.5. The van der Waals surface area contributed by atoms with Gasteiger partial charge in [0.25, 0.3) is 0 Å². The van der Waals surface area contributed by atoms with E-state index < -0.39 is 12.0 Å². The fraction of sp³-hybridized carbons (Fsp3) is 0.429. The van der Waals surface area contributed by atoms with Crippen LogP contribution in [0, 0.1) is 0 Å². The third kappa shape index (κ3) is 4.62. The van der Waals surface area contributed by atoms with Crippen molar-refractivity contribution in [3.05, 3.63) is 29.8 Å². The number of carboxylic acid groups (broad SMARTS) is 1. The fourth-order valence-electron chi connectivity index (χ4n) is 1.65. The standard InChI is InChI=1S/C14H20N2O3/c1-4-11-5-7-12(8-6-11)15-14(19)16(10(2)3)9-13(17)18/h5-8,10H,4,9H2,1-3H3,(H,15,19)(H,17,18). The van der Waals surface area contributed by atoms with Crippen molar-refractivity contribution in [2.75, 3.05) is 11.9 Å². The van der Waals surface area contributed by atoms with Gasteiger partial charge < -0.3 is 15.3 Å². The minimum Gasteiger partial charge on any atom is -0.480 e. The number of urea groups is 1. The molecule has 2 amide bonds. The number of carbonyl (C=O) groups excluding carboxylic acids is 1. The molecule has 1 aromatic rings. The summed E-state index contributed by atoms with van der Waals surface area (Å²) in [6.45, 7) is 5.31. The van der Waals surface area contributed by atoms with Gasteiger partial charge in [0.15, 0.2) is 0 Å². The first-order valence-corrected chi connectivity index (χ1v) is 6.32. The number of amides is 2. The van der Waals surface area contributed by atoms with E-state index in [2.05, 4.69) is 12.2 Å². The van der Waals surface area contributed by atoms with Crippen molar-refractivity contribution >= 4 is 17.7 Å². The predicted molar refractivity (Wildman–Crippen MR) is 74.3 cm³/mol. The molecule has 1 aromatic carbocycles. The molecule has 0 aliphatic heterocycles. The highest BCUT2D eigenvalue weighted by molar-refractivity contribution is 5.91. The molecule has 5 heteroatoms. The van der Waals surface area contributed by atoms with E-state index in [-0.39, 0.29) is 12.6 Å². The quantitative estimate of drug-likeness (QED) is 0.858. The van der Waals surface area contributed by atoms with Crippen LogP contribution in [0.5, 0.6) is 0 Å². The number of rotatable bonds is 5. The average molecular weight is 264 g/mol. The van der Waals surface area contributed by atoms with Gasteiger partial charge in [0.05, 0.1) is 0 Å². The van der Waals surface area contributed by atoms with E-state index in [9.17, 15) is 9.59 Å². The summed E-state index contributed by atoms with van der Waals surface area (Å²) < 4.78 is 0. The Labute approximate surface area is 113 Å². The summed E-state index contributed by atoms with van der Waals surface area (Å²) in [5.41, 5.74) is 1.85. The number of aryl methyl sites for hydroxylation is 1. The predicted octanol–water partition coefficient (Wildman–Crippen LogP) is 2.58. The van der Waals surface area contributed by atoms with E-state index in [0.717, 1.165) is 6.42 Å². The Morgan fingerprint density at radius 2 is 1.84 bits per heavy atom. The highest BCUT2D eigenvalue weighted by Crippen LogP contribution is 2.11. The van der Waals surface area contributed by atoms with Gasteiger partial charge >= 0.3 is 12.0 Å². The van der Waals surface area contributed by atoms with Gasteiger partial charge in [-0.15, -0.1) is 0 Å². The van der Waals surface area contributed by atoms with Gasteiger partial charge in [-0.2, -0.15) is 0 Å². The highest BCUT2D eigenvalue weighted by atomic mass is 16.4. The van der Waals surface area contributed by atoms with Gasteiger partial charge in [-0.1, -0.05) is 19.1 Å². The molecule has 0 saturated carbocycles. The Kier molecular flexibility index (Phi) is 5.36. The summed E-state index contributed by atoms with van der Waals surface area (Å²) in [5.74, 6) is -1.02. The van der Waals surface area contributed by atoms with Crippen LogP contribution in [0.25, 0.3) is 0 Å². The number of nitrogens with zero attached hydrogens (tertiary/aromatic N) is 1. The number of hydrogen-bond acceptors (Lipinski definition) is 2. The van der Waals surface area contributed by atoms with Gasteiger partial charge in [0, 0.05) is 11.7 Å². The molecule has 2 N–H and O–H groups in total. The van der Waals surface area contributed by atoms with Crippen molar-refractivity contribution in [2.24, 2.45) is 0 Å². The smallest absolute Gasteiger partial charge is 0.323 e. The number of carbonyl (C=O) groups is 2. The molecule has 19 heavy (non-hydrogen) atoms. The molecule has 104 valence electrons. The average Bonchev–Trinajstić information content (AvgIpc) is 2.36. The number of aliphatic carboxylic acids is 1. The van der Waals surface area contributed by atoms with Crippen molar-refractivity contribution in [1.29, 1.82) is 0 Å². The second kappa shape index (κ2) is 6.78. The van der Waals surface area contributed by atoms with Crippen molar-refractivity contribution in [1.82, 2.24) is 4.90 Å². The Bertz CT molecular complexity index is 441. The van der Waals surface area contributed by atoms with E-state index >= 15 is 0 Å². The summed E-state index contributed by atoms with van der Waals surface area (Å²) in [6, 6.07) is 6.93. The zero-order chi connectivity index (χ0) is 14.4. The molecule has 0 aromatic heterocycles. The third-order valence-corrected chi connectivity index (χ3v) is 2.80. The molecule has 0 atom stereocenters. The van der Waals surface area contributed by atoms with E-state index in [0.29, 0.717) is 5.69 Å². The minimum absolute atomic E-state index is 0.175. The SMILES string of the molecule is CCc1ccc(NC(=O)N(CC(=O)O)C(C)C)cc1. The van der Waals surface area contributed by atoms with Crippen LogP contribution in [-0.2, 0) is 11.2 Å². The zero-order valence-corrected chi connectivity index (χ0v) is 11.5. The van der Waals surface area contributed by atoms with E-state index in [1.54, 1.807) is 13.8 Å². The van der Waals surface area contributed by atoms with Crippen molar-refractivity contribution in [3.63, 3.8) is 0 Å². The first-order chi connectivity index (χ1) is 8.93. The van der Waals surface area contributed by atoms with Crippen LogP contribution in [0.1, 0.15) is 26.3 Å². The fourth-order valence-corrected chi connectivity index (χ4v) is 1.65. The van der Waals surface area contributed by atoms with Gasteiger partial charge in [0.2, 0.25) is 0 Å². The first kappa shape index (κ1) is 15.0. The molecule has 5 nitrogen and oxygen atoms in total.